The quantitative estimate of drug-likeness (QED) is 0.298. The van der Waals surface area contributed by atoms with Gasteiger partial charge in [0.05, 0.1) is 0 Å². The fraction of sp³-hybridized carbons (Fsp3) is 0.423. The van der Waals surface area contributed by atoms with Gasteiger partial charge in [-0.3, -0.25) is 9.47 Å². The zero-order valence-electron chi connectivity index (χ0n) is 21.3. The molecule has 1 unspecified atom stereocenters. The van der Waals surface area contributed by atoms with Gasteiger partial charge in [0.15, 0.2) is 0 Å². The van der Waals surface area contributed by atoms with Crippen LogP contribution in [0.15, 0.2) is 54.7 Å². The largest absolute Gasteiger partial charge is 0.573 e. The average Bonchev–Trinajstić information content (AvgIpc) is 3.32. The number of aryl methyl sites for hydroxylation is 1. The fourth-order valence-electron chi connectivity index (χ4n) is 4.65. The van der Waals surface area contributed by atoms with Gasteiger partial charge in [0.1, 0.15) is 29.9 Å². The Balaban J connectivity index is 1.08. The summed E-state index contributed by atoms with van der Waals surface area (Å²) < 4.78 is 54.5. The minimum Gasteiger partial charge on any atom is -0.489 e. The van der Waals surface area contributed by atoms with Crippen LogP contribution in [-0.4, -0.2) is 64.1 Å². The molecule has 2 aliphatic rings. The number of hydrogen-bond donors (Lipinski definition) is 0. The number of benzene rings is 2. The van der Waals surface area contributed by atoms with Gasteiger partial charge < -0.3 is 29.2 Å². The molecule has 0 bridgehead atoms. The molecule has 0 amide bonds. The normalized spacial score (nSPS) is 19.7. The molecule has 0 aliphatic carbocycles. The minimum absolute atomic E-state index is 0.220. The Morgan fingerprint density at radius 1 is 1.03 bits per heavy atom. The molecular formula is C26H28F3N5O5. The van der Waals surface area contributed by atoms with Gasteiger partial charge in [-0.15, -0.1) is 13.2 Å². The van der Waals surface area contributed by atoms with Crippen LogP contribution in [0.2, 0.25) is 0 Å². The molecule has 0 saturated carbocycles. The maximum absolute atomic E-state index is 12.3. The summed E-state index contributed by atoms with van der Waals surface area (Å²) in [4.78, 5) is 18.9. The standard InChI is InChI=1S/C26H28F3N5O5/c1-25(10-11-33-17-23(34(35)36)30-24(33)39-25)18-37-21-8-4-20(5-9-21)32-14-12-31(13-15-32)16-19-2-6-22(7-3-19)38-26(27,28)29/h2-9,17H,10-16,18H2,1H3. The highest BCUT2D eigenvalue weighted by atomic mass is 19.4. The molecule has 2 aliphatic heterocycles. The lowest BCUT2D eigenvalue weighted by atomic mass is 10.0. The molecule has 1 saturated heterocycles. The first-order chi connectivity index (χ1) is 18.6. The van der Waals surface area contributed by atoms with Crippen molar-refractivity contribution in [2.75, 3.05) is 37.7 Å². The van der Waals surface area contributed by atoms with Crippen LogP contribution in [0.25, 0.3) is 0 Å². The maximum Gasteiger partial charge on any atom is 0.573 e. The number of imidazole rings is 1. The number of piperazine rings is 1. The van der Waals surface area contributed by atoms with Crippen molar-refractivity contribution >= 4 is 11.5 Å². The van der Waals surface area contributed by atoms with Gasteiger partial charge >= 0.3 is 18.2 Å². The molecule has 1 atom stereocenters. The van der Waals surface area contributed by atoms with E-state index in [0.29, 0.717) is 25.3 Å². The lowest BCUT2D eigenvalue weighted by Gasteiger charge is -2.36. The SMILES string of the molecule is CC1(COc2ccc(N3CCN(Cc4ccc(OC(F)(F)F)cc4)CC3)cc2)CCn2cc([N+](=O)[O-])nc2O1. The van der Waals surface area contributed by atoms with Crippen molar-refractivity contribution < 1.29 is 32.3 Å². The molecule has 13 heteroatoms. The maximum atomic E-state index is 12.3. The fourth-order valence-corrected chi connectivity index (χ4v) is 4.65. The van der Waals surface area contributed by atoms with E-state index in [-0.39, 0.29) is 24.2 Å². The smallest absolute Gasteiger partial charge is 0.489 e. The molecule has 5 rings (SSSR count). The number of halogens is 3. The Morgan fingerprint density at radius 3 is 2.33 bits per heavy atom. The van der Waals surface area contributed by atoms with Gasteiger partial charge in [-0.25, -0.2) is 0 Å². The summed E-state index contributed by atoms with van der Waals surface area (Å²) >= 11 is 0. The van der Waals surface area contributed by atoms with E-state index in [4.69, 9.17) is 9.47 Å². The number of nitro groups is 1. The van der Waals surface area contributed by atoms with E-state index in [9.17, 15) is 23.3 Å². The van der Waals surface area contributed by atoms with Crippen LogP contribution in [0, 0.1) is 10.1 Å². The lowest BCUT2D eigenvalue weighted by molar-refractivity contribution is -0.389. The first-order valence-corrected chi connectivity index (χ1v) is 12.5. The van der Waals surface area contributed by atoms with Gasteiger partial charge in [0, 0.05) is 56.4 Å². The molecule has 208 valence electrons. The van der Waals surface area contributed by atoms with Crippen molar-refractivity contribution in [3.05, 3.63) is 70.4 Å². The second-order valence-electron chi connectivity index (χ2n) is 9.87. The highest BCUT2D eigenvalue weighted by molar-refractivity contribution is 5.49. The number of hydrogen-bond acceptors (Lipinski definition) is 8. The molecule has 1 fully saturated rings. The van der Waals surface area contributed by atoms with Gasteiger partial charge in [-0.2, -0.15) is 0 Å². The van der Waals surface area contributed by atoms with E-state index in [1.54, 1.807) is 16.7 Å². The molecule has 3 heterocycles. The third-order valence-corrected chi connectivity index (χ3v) is 6.81. The first-order valence-electron chi connectivity index (χ1n) is 12.5. The minimum atomic E-state index is -4.69. The van der Waals surface area contributed by atoms with Gasteiger partial charge in [0.2, 0.25) is 0 Å². The molecule has 3 aromatic rings. The van der Waals surface area contributed by atoms with Gasteiger partial charge in [-0.1, -0.05) is 12.1 Å². The number of anilines is 1. The van der Waals surface area contributed by atoms with E-state index in [1.807, 2.05) is 31.2 Å². The topological polar surface area (TPSA) is 95.1 Å². The van der Waals surface area contributed by atoms with Crippen molar-refractivity contribution in [2.24, 2.45) is 0 Å². The van der Waals surface area contributed by atoms with E-state index in [2.05, 4.69) is 19.5 Å². The molecule has 0 spiro atoms. The van der Waals surface area contributed by atoms with E-state index in [1.165, 1.54) is 18.3 Å². The van der Waals surface area contributed by atoms with Crippen LogP contribution < -0.4 is 19.1 Å². The number of rotatable bonds is 8. The molecule has 39 heavy (non-hydrogen) atoms. The highest BCUT2D eigenvalue weighted by Gasteiger charge is 2.37. The molecule has 0 N–H and O–H groups in total. The Morgan fingerprint density at radius 2 is 1.69 bits per heavy atom. The Bertz CT molecular complexity index is 1290. The van der Waals surface area contributed by atoms with E-state index in [0.717, 1.165) is 37.4 Å². The summed E-state index contributed by atoms with van der Waals surface area (Å²) in [6, 6.07) is 14.0. The molecule has 10 nitrogen and oxygen atoms in total. The first kappa shape index (κ1) is 26.6. The van der Waals surface area contributed by atoms with Crippen molar-refractivity contribution in [1.82, 2.24) is 14.5 Å². The number of nitrogens with zero attached hydrogens (tertiary/aromatic N) is 5. The summed E-state index contributed by atoms with van der Waals surface area (Å²) in [5.74, 6) is 0.238. The van der Waals surface area contributed by atoms with E-state index < -0.39 is 16.9 Å². The number of alkyl halides is 3. The summed E-state index contributed by atoms with van der Waals surface area (Å²) in [7, 11) is 0. The van der Waals surface area contributed by atoms with Crippen molar-refractivity contribution in [1.29, 1.82) is 0 Å². The van der Waals surface area contributed by atoms with Crippen LogP contribution in [0.4, 0.5) is 24.7 Å². The summed E-state index contributed by atoms with van der Waals surface area (Å²) in [5, 5.41) is 11.0. The van der Waals surface area contributed by atoms with Gasteiger partial charge in [-0.05, 0) is 53.8 Å². The Kier molecular flexibility index (Phi) is 7.25. The Hall–Kier alpha value is -4.00. The zero-order valence-corrected chi connectivity index (χ0v) is 21.3. The van der Waals surface area contributed by atoms with Gasteiger partial charge in [0.25, 0.3) is 0 Å². The van der Waals surface area contributed by atoms with Crippen LogP contribution in [0.5, 0.6) is 17.5 Å². The lowest BCUT2D eigenvalue weighted by Crippen LogP contribution is -2.46. The second-order valence-corrected chi connectivity index (χ2v) is 9.87. The predicted molar refractivity (Wildman–Crippen MR) is 135 cm³/mol. The molecular weight excluding hydrogens is 519 g/mol. The van der Waals surface area contributed by atoms with E-state index >= 15 is 0 Å². The summed E-state index contributed by atoms with van der Waals surface area (Å²) in [6.45, 7) is 6.66. The molecule has 2 aromatic carbocycles. The van der Waals surface area contributed by atoms with Crippen LogP contribution in [0.1, 0.15) is 18.9 Å². The monoisotopic (exact) mass is 547 g/mol. The molecule has 0 radical (unpaired) electrons. The third-order valence-electron chi connectivity index (χ3n) is 6.81. The average molecular weight is 548 g/mol. The Labute approximate surface area is 222 Å². The van der Waals surface area contributed by atoms with Crippen LogP contribution >= 0.6 is 0 Å². The van der Waals surface area contributed by atoms with Crippen LogP contribution in [-0.2, 0) is 13.1 Å². The van der Waals surface area contributed by atoms with Crippen LogP contribution in [0.3, 0.4) is 0 Å². The number of aromatic nitrogens is 2. The summed E-state index contributed by atoms with van der Waals surface area (Å²) in [6.07, 6.45) is -2.69. The predicted octanol–water partition coefficient (Wildman–Crippen LogP) is 4.63. The van der Waals surface area contributed by atoms with Crippen molar-refractivity contribution in [3.8, 4) is 17.5 Å². The van der Waals surface area contributed by atoms with Crippen molar-refractivity contribution in [3.63, 3.8) is 0 Å². The summed E-state index contributed by atoms with van der Waals surface area (Å²) in [5.41, 5.74) is 1.35. The number of fused-ring (bicyclic) bond motifs is 1. The number of ether oxygens (including phenoxy) is 3. The highest BCUT2D eigenvalue weighted by Crippen LogP contribution is 2.31. The van der Waals surface area contributed by atoms with Crippen molar-refractivity contribution in [2.45, 2.75) is 38.4 Å². The third kappa shape index (κ3) is 6.72. The zero-order chi connectivity index (χ0) is 27.6. The second kappa shape index (κ2) is 10.6. The molecule has 1 aromatic heterocycles.